The number of hydrogen-bond donors (Lipinski definition) is 1. The zero-order chi connectivity index (χ0) is 15.5. The largest absolute Gasteiger partial charge is 0.483 e. The first-order valence-corrected chi connectivity index (χ1v) is 7.02. The van der Waals surface area contributed by atoms with Gasteiger partial charge in [-0.2, -0.15) is 0 Å². The molecule has 2 N–H and O–H groups in total. The Morgan fingerprint density at radius 3 is 2.48 bits per heavy atom. The maximum Gasteiger partial charge on any atom is 0.292 e. The first-order chi connectivity index (χ1) is 9.85. The summed E-state index contributed by atoms with van der Waals surface area (Å²) in [6, 6.07) is 11.5. The number of nitrogens with zero attached hydrogens (tertiary/aromatic N) is 1. The van der Waals surface area contributed by atoms with Crippen LogP contribution in [0.4, 0.5) is 0 Å². The predicted octanol–water partition coefficient (Wildman–Crippen LogP) is 2.47. The number of aromatic nitrogens is 1. The molecule has 112 valence electrons. The molecule has 0 saturated carbocycles. The number of hydrogen-bond acceptors (Lipinski definition) is 3. The summed E-state index contributed by atoms with van der Waals surface area (Å²) >= 11 is 0. The Hall–Kier alpha value is -2.07. The third-order valence-corrected chi connectivity index (χ3v) is 3.08. The summed E-state index contributed by atoms with van der Waals surface area (Å²) in [7, 11) is 0. The zero-order valence-electron chi connectivity index (χ0n) is 12.8. The maximum absolute atomic E-state index is 12.3. The van der Waals surface area contributed by atoms with Crippen LogP contribution in [-0.4, -0.2) is 10.1 Å². The van der Waals surface area contributed by atoms with Crippen LogP contribution in [0.2, 0.25) is 0 Å². The molecule has 4 heteroatoms. The molecule has 21 heavy (non-hydrogen) atoms. The highest BCUT2D eigenvalue weighted by atomic mass is 16.5. The van der Waals surface area contributed by atoms with Crippen LogP contribution in [0.25, 0.3) is 0 Å². The summed E-state index contributed by atoms with van der Waals surface area (Å²) in [6.07, 6.45) is 1.73. The Kier molecular flexibility index (Phi) is 4.48. The minimum atomic E-state index is -0.445. The number of ether oxygens (including phenoxy) is 1. The summed E-state index contributed by atoms with van der Waals surface area (Å²) in [5.74, 6) is 0.349. The lowest BCUT2D eigenvalue weighted by Gasteiger charge is -2.20. The van der Waals surface area contributed by atoms with Crippen LogP contribution < -0.4 is 16.0 Å². The quantitative estimate of drug-likeness (QED) is 0.918. The topological polar surface area (TPSA) is 57.2 Å². The molecule has 0 unspecified atom stereocenters. The molecule has 0 bridgehead atoms. The van der Waals surface area contributed by atoms with Gasteiger partial charge in [0.2, 0.25) is 0 Å². The van der Waals surface area contributed by atoms with Crippen LogP contribution in [0, 0.1) is 6.92 Å². The van der Waals surface area contributed by atoms with Gasteiger partial charge in [0.05, 0.1) is 0 Å². The Bertz CT molecular complexity index is 652. The van der Waals surface area contributed by atoms with Gasteiger partial charge >= 0.3 is 0 Å². The van der Waals surface area contributed by atoms with Crippen LogP contribution in [-0.2, 0) is 13.2 Å². The summed E-state index contributed by atoms with van der Waals surface area (Å²) in [5.41, 5.74) is 7.61. The first kappa shape index (κ1) is 15.3. The fourth-order valence-corrected chi connectivity index (χ4v) is 2.03. The Labute approximate surface area is 125 Å². The molecule has 0 fully saturated rings. The fraction of sp³-hybridized carbons (Fsp3) is 0.353. The molecular formula is C17H22N2O2. The van der Waals surface area contributed by atoms with Crippen molar-refractivity contribution in [2.75, 3.05) is 0 Å². The highest BCUT2D eigenvalue weighted by molar-refractivity contribution is 5.22. The second-order valence-corrected chi connectivity index (χ2v) is 6.07. The average Bonchev–Trinajstić information content (AvgIpc) is 2.40. The average molecular weight is 286 g/mol. The summed E-state index contributed by atoms with van der Waals surface area (Å²) in [6.45, 7) is 6.65. The van der Waals surface area contributed by atoms with Crippen molar-refractivity contribution in [3.05, 3.63) is 64.1 Å². The van der Waals surface area contributed by atoms with Crippen LogP contribution in [0.3, 0.4) is 0 Å². The number of benzene rings is 1. The minimum absolute atomic E-state index is 0.150. The zero-order valence-corrected chi connectivity index (χ0v) is 12.8. The third kappa shape index (κ3) is 4.46. The molecule has 0 radical (unpaired) electrons. The number of nitrogens with two attached hydrogens (primary N) is 1. The van der Waals surface area contributed by atoms with Gasteiger partial charge in [-0.25, -0.2) is 0 Å². The van der Waals surface area contributed by atoms with Gasteiger partial charge in [0.1, 0.15) is 6.61 Å². The maximum atomic E-state index is 12.3. The predicted molar refractivity (Wildman–Crippen MR) is 84.5 cm³/mol. The molecule has 0 aliphatic carbocycles. The molecule has 1 aromatic heterocycles. The van der Waals surface area contributed by atoms with Crippen molar-refractivity contribution in [3.8, 4) is 5.75 Å². The van der Waals surface area contributed by atoms with Crippen LogP contribution in [0.5, 0.6) is 5.75 Å². The van der Waals surface area contributed by atoms with E-state index in [0.29, 0.717) is 18.9 Å². The Morgan fingerprint density at radius 2 is 1.86 bits per heavy atom. The van der Waals surface area contributed by atoms with E-state index >= 15 is 0 Å². The van der Waals surface area contributed by atoms with E-state index < -0.39 is 5.54 Å². The summed E-state index contributed by atoms with van der Waals surface area (Å²) < 4.78 is 7.23. The molecule has 2 rings (SSSR count). The lowest BCUT2D eigenvalue weighted by molar-refractivity contribution is 0.296. The molecule has 0 aliphatic heterocycles. The van der Waals surface area contributed by atoms with E-state index in [-0.39, 0.29) is 5.56 Å². The van der Waals surface area contributed by atoms with Crippen molar-refractivity contribution < 1.29 is 4.74 Å². The van der Waals surface area contributed by atoms with E-state index in [0.717, 1.165) is 5.56 Å². The van der Waals surface area contributed by atoms with E-state index in [4.69, 9.17) is 10.5 Å². The molecule has 0 aliphatic rings. The van der Waals surface area contributed by atoms with Crippen molar-refractivity contribution in [2.45, 2.75) is 39.5 Å². The number of rotatable bonds is 5. The van der Waals surface area contributed by atoms with Crippen molar-refractivity contribution in [2.24, 2.45) is 5.73 Å². The van der Waals surface area contributed by atoms with E-state index in [1.54, 1.807) is 22.9 Å². The van der Waals surface area contributed by atoms with E-state index in [2.05, 4.69) is 0 Å². The monoisotopic (exact) mass is 286 g/mol. The van der Waals surface area contributed by atoms with Gasteiger partial charge in [-0.05, 0) is 38.5 Å². The van der Waals surface area contributed by atoms with Gasteiger partial charge in [-0.1, -0.05) is 29.8 Å². The summed E-state index contributed by atoms with van der Waals surface area (Å²) in [4.78, 5) is 12.3. The number of pyridine rings is 1. The van der Waals surface area contributed by atoms with Gasteiger partial charge < -0.3 is 15.0 Å². The number of aryl methyl sites for hydroxylation is 1. The van der Waals surface area contributed by atoms with Crippen molar-refractivity contribution in [1.29, 1.82) is 0 Å². The fourth-order valence-electron chi connectivity index (χ4n) is 2.03. The molecule has 0 atom stereocenters. The molecule has 0 amide bonds. The highest BCUT2D eigenvalue weighted by Gasteiger charge is 2.14. The molecule has 1 aromatic carbocycles. The molecule has 0 saturated heterocycles. The van der Waals surface area contributed by atoms with E-state index in [1.165, 1.54) is 5.56 Å². The molecule has 4 nitrogen and oxygen atoms in total. The van der Waals surface area contributed by atoms with E-state index in [9.17, 15) is 4.79 Å². The molecule has 0 spiro atoms. The second kappa shape index (κ2) is 6.14. The van der Waals surface area contributed by atoms with Gasteiger partial charge in [0, 0.05) is 18.3 Å². The molecule has 2 aromatic rings. The minimum Gasteiger partial charge on any atom is -0.483 e. The molecule has 1 heterocycles. The third-order valence-electron chi connectivity index (χ3n) is 3.08. The first-order valence-electron chi connectivity index (χ1n) is 7.02. The lowest BCUT2D eigenvalue weighted by atomic mass is 10.1. The van der Waals surface area contributed by atoms with Crippen LogP contribution >= 0.6 is 0 Å². The Morgan fingerprint density at radius 1 is 1.19 bits per heavy atom. The SMILES string of the molecule is Cc1ccc(COc2cccn(CC(C)(C)N)c2=O)cc1. The van der Waals surface area contributed by atoms with Gasteiger partial charge in [-0.15, -0.1) is 0 Å². The second-order valence-electron chi connectivity index (χ2n) is 6.07. The van der Waals surface area contributed by atoms with Gasteiger partial charge in [0.25, 0.3) is 5.56 Å². The smallest absolute Gasteiger partial charge is 0.292 e. The van der Waals surface area contributed by atoms with Crippen LogP contribution in [0.1, 0.15) is 25.0 Å². The summed E-state index contributed by atoms with van der Waals surface area (Å²) in [5, 5.41) is 0. The van der Waals surface area contributed by atoms with Crippen molar-refractivity contribution in [1.82, 2.24) is 4.57 Å². The van der Waals surface area contributed by atoms with Gasteiger partial charge in [-0.3, -0.25) is 4.79 Å². The standard InChI is InChI=1S/C17H22N2O2/c1-13-6-8-14(9-7-13)11-21-15-5-4-10-19(16(15)20)12-17(2,3)18/h4-10H,11-12,18H2,1-3H3. The van der Waals surface area contributed by atoms with E-state index in [1.807, 2.05) is 45.0 Å². The lowest BCUT2D eigenvalue weighted by Crippen LogP contribution is -2.40. The molecular weight excluding hydrogens is 264 g/mol. The normalized spacial score (nSPS) is 11.4. The van der Waals surface area contributed by atoms with Crippen molar-refractivity contribution in [3.63, 3.8) is 0 Å². The van der Waals surface area contributed by atoms with Gasteiger partial charge in [0.15, 0.2) is 5.75 Å². The Balaban J connectivity index is 2.12. The van der Waals surface area contributed by atoms with Crippen LogP contribution in [0.15, 0.2) is 47.4 Å². The van der Waals surface area contributed by atoms with Crippen molar-refractivity contribution >= 4 is 0 Å². The highest BCUT2D eigenvalue weighted by Crippen LogP contribution is 2.09.